The van der Waals surface area contributed by atoms with E-state index in [4.69, 9.17) is 4.74 Å². The molecule has 0 radical (unpaired) electrons. The maximum absolute atomic E-state index is 12.8. The summed E-state index contributed by atoms with van der Waals surface area (Å²) in [6.45, 7) is 9.17. The van der Waals surface area contributed by atoms with Crippen LogP contribution < -0.4 is 10.1 Å². The molecule has 1 saturated heterocycles. The molecule has 1 fully saturated rings. The predicted octanol–water partition coefficient (Wildman–Crippen LogP) is 3.88. The Bertz CT molecular complexity index is 672. The topological polar surface area (TPSA) is 61.9 Å². The van der Waals surface area contributed by atoms with E-state index in [1.165, 1.54) is 0 Å². The summed E-state index contributed by atoms with van der Waals surface area (Å²) in [5.41, 5.74) is 0.842. The summed E-state index contributed by atoms with van der Waals surface area (Å²) in [6.07, 6.45) is 1.56. The number of benzene rings is 1. The van der Waals surface area contributed by atoms with Gasteiger partial charge < -0.3 is 19.9 Å². The second-order valence-corrected chi connectivity index (χ2v) is 9.43. The number of hydrogen-bond donors (Lipinski definition) is 1. The van der Waals surface area contributed by atoms with Gasteiger partial charge in [0.25, 0.3) is 0 Å². The third-order valence-electron chi connectivity index (χ3n) is 4.63. The van der Waals surface area contributed by atoms with Crippen molar-refractivity contribution in [1.29, 1.82) is 0 Å². The molecule has 1 aliphatic heterocycles. The highest BCUT2D eigenvalue weighted by Crippen LogP contribution is 2.44. The zero-order chi connectivity index (χ0) is 20.9. The second kappa shape index (κ2) is 9.54. The Kier molecular flexibility index (Phi) is 7.63. The Hall–Kier alpha value is -1.89. The van der Waals surface area contributed by atoms with E-state index in [1.54, 1.807) is 30.8 Å². The average Bonchev–Trinajstić information content (AvgIpc) is 2.96. The van der Waals surface area contributed by atoms with Gasteiger partial charge in [0.1, 0.15) is 11.1 Å². The highest BCUT2D eigenvalue weighted by molar-refractivity contribution is 8.01. The van der Waals surface area contributed by atoms with E-state index in [0.29, 0.717) is 13.1 Å². The van der Waals surface area contributed by atoms with Crippen LogP contribution in [0.25, 0.3) is 0 Å². The molecular formula is C21H33N3O3S. The van der Waals surface area contributed by atoms with Crippen LogP contribution in [-0.2, 0) is 4.79 Å². The van der Waals surface area contributed by atoms with Crippen molar-refractivity contribution in [3.05, 3.63) is 29.8 Å². The molecule has 2 atom stereocenters. The minimum Gasteiger partial charge on any atom is -0.497 e. The third-order valence-corrected chi connectivity index (χ3v) is 6.28. The molecule has 0 unspecified atom stereocenters. The second-order valence-electron chi connectivity index (χ2n) is 8.15. The minimum atomic E-state index is -0.263. The normalized spacial score (nSPS) is 19.6. The van der Waals surface area contributed by atoms with Crippen molar-refractivity contribution >= 4 is 23.7 Å². The van der Waals surface area contributed by atoms with Crippen LogP contribution in [0.3, 0.4) is 0 Å². The first kappa shape index (κ1) is 22.4. The van der Waals surface area contributed by atoms with Crippen LogP contribution in [0.2, 0.25) is 0 Å². The molecule has 1 aromatic rings. The Morgan fingerprint density at radius 1 is 1.29 bits per heavy atom. The van der Waals surface area contributed by atoms with Gasteiger partial charge in [-0.25, -0.2) is 4.79 Å². The fourth-order valence-corrected chi connectivity index (χ4v) is 4.54. The van der Waals surface area contributed by atoms with Crippen molar-refractivity contribution in [2.24, 2.45) is 0 Å². The molecule has 2 rings (SSSR count). The number of carbonyl (C=O) groups excluding carboxylic acids is 2. The first-order valence-electron chi connectivity index (χ1n) is 9.79. The van der Waals surface area contributed by atoms with E-state index in [0.717, 1.165) is 24.2 Å². The van der Waals surface area contributed by atoms with Crippen molar-refractivity contribution in [3.8, 4) is 5.75 Å². The Balaban J connectivity index is 1.99. The standard InChI is InChI=1S/C21H33N3O3S/c1-7-17-18(25)24(14-8-13-23(5)20(26)22-21(2,3)4)19(28-17)15-9-11-16(27-6)12-10-15/h9-12,17,19H,7-8,13-14H2,1-6H3,(H,22,26)/t17-,19+/m1/s1. The Morgan fingerprint density at radius 3 is 2.46 bits per heavy atom. The average molecular weight is 408 g/mol. The van der Waals surface area contributed by atoms with Crippen LogP contribution in [0, 0.1) is 0 Å². The summed E-state index contributed by atoms with van der Waals surface area (Å²) in [6, 6.07) is 7.83. The SMILES string of the molecule is CC[C@H]1S[C@@H](c2ccc(OC)cc2)N(CCCN(C)C(=O)NC(C)(C)C)C1=O. The molecule has 1 aliphatic rings. The number of carbonyl (C=O) groups is 2. The van der Waals surface area contributed by atoms with Gasteiger partial charge >= 0.3 is 6.03 Å². The molecule has 0 bridgehead atoms. The lowest BCUT2D eigenvalue weighted by molar-refractivity contribution is -0.130. The van der Waals surface area contributed by atoms with Gasteiger partial charge in [-0.15, -0.1) is 11.8 Å². The number of ether oxygens (including phenoxy) is 1. The molecule has 1 aromatic carbocycles. The fourth-order valence-electron chi connectivity index (χ4n) is 3.11. The number of urea groups is 1. The van der Waals surface area contributed by atoms with E-state index in [-0.39, 0.29) is 28.1 Å². The number of rotatable bonds is 7. The van der Waals surface area contributed by atoms with E-state index < -0.39 is 0 Å². The van der Waals surface area contributed by atoms with Crippen LogP contribution in [0.5, 0.6) is 5.75 Å². The number of thioether (sulfide) groups is 1. The molecular weight excluding hydrogens is 374 g/mol. The molecule has 156 valence electrons. The maximum Gasteiger partial charge on any atom is 0.317 e. The van der Waals surface area contributed by atoms with E-state index in [1.807, 2.05) is 49.9 Å². The fraction of sp³-hybridized carbons (Fsp3) is 0.619. The van der Waals surface area contributed by atoms with E-state index >= 15 is 0 Å². The monoisotopic (exact) mass is 407 g/mol. The van der Waals surface area contributed by atoms with Gasteiger partial charge in [0, 0.05) is 25.7 Å². The molecule has 0 aromatic heterocycles. The molecule has 6 nitrogen and oxygen atoms in total. The van der Waals surface area contributed by atoms with Gasteiger partial charge in [0.05, 0.1) is 12.4 Å². The van der Waals surface area contributed by atoms with Crippen LogP contribution in [0.15, 0.2) is 24.3 Å². The van der Waals surface area contributed by atoms with E-state index in [2.05, 4.69) is 12.2 Å². The Morgan fingerprint density at radius 2 is 1.93 bits per heavy atom. The highest BCUT2D eigenvalue weighted by Gasteiger charge is 2.39. The van der Waals surface area contributed by atoms with Crippen molar-refractivity contribution in [2.45, 2.75) is 56.7 Å². The van der Waals surface area contributed by atoms with Crippen LogP contribution in [-0.4, -0.2) is 59.8 Å². The van der Waals surface area contributed by atoms with E-state index in [9.17, 15) is 9.59 Å². The largest absolute Gasteiger partial charge is 0.497 e. The van der Waals surface area contributed by atoms with Gasteiger partial charge in [-0.05, 0) is 51.3 Å². The van der Waals surface area contributed by atoms with Gasteiger partial charge in [-0.1, -0.05) is 19.1 Å². The number of amides is 3. The first-order chi connectivity index (χ1) is 13.2. The quantitative estimate of drug-likeness (QED) is 0.745. The number of hydrogen-bond acceptors (Lipinski definition) is 4. The number of nitrogens with one attached hydrogen (secondary N) is 1. The molecule has 7 heteroatoms. The molecule has 3 amide bonds. The predicted molar refractivity (Wildman–Crippen MR) is 115 cm³/mol. The van der Waals surface area contributed by atoms with Crippen molar-refractivity contribution in [2.75, 3.05) is 27.2 Å². The van der Waals surface area contributed by atoms with Crippen molar-refractivity contribution in [1.82, 2.24) is 15.1 Å². The van der Waals surface area contributed by atoms with Gasteiger partial charge in [-0.3, -0.25) is 4.79 Å². The molecule has 0 saturated carbocycles. The summed E-state index contributed by atoms with van der Waals surface area (Å²) < 4.78 is 5.24. The maximum atomic E-state index is 12.8. The number of methoxy groups -OCH3 is 1. The Labute approximate surface area is 173 Å². The van der Waals surface area contributed by atoms with Gasteiger partial charge in [-0.2, -0.15) is 0 Å². The van der Waals surface area contributed by atoms with Crippen LogP contribution in [0.1, 0.15) is 51.5 Å². The third kappa shape index (κ3) is 5.80. The highest BCUT2D eigenvalue weighted by atomic mass is 32.2. The summed E-state index contributed by atoms with van der Waals surface area (Å²) in [7, 11) is 3.44. The summed E-state index contributed by atoms with van der Waals surface area (Å²) >= 11 is 1.71. The first-order valence-corrected chi connectivity index (χ1v) is 10.7. The summed E-state index contributed by atoms with van der Waals surface area (Å²) in [4.78, 5) is 28.7. The lowest BCUT2D eigenvalue weighted by Crippen LogP contribution is -2.47. The molecule has 1 N–H and O–H groups in total. The lowest BCUT2D eigenvalue weighted by atomic mass is 10.1. The van der Waals surface area contributed by atoms with Crippen molar-refractivity contribution in [3.63, 3.8) is 0 Å². The smallest absolute Gasteiger partial charge is 0.317 e. The van der Waals surface area contributed by atoms with Gasteiger partial charge in [0.2, 0.25) is 5.91 Å². The summed E-state index contributed by atoms with van der Waals surface area (Å²) in [5, 5.41) is 2.96. The minimum absolute atomic E-state index is 0.00554. The van der Waals surface area contributed by atoms with Crippen LogP contribution >= 0.6 is 11.8 Å². The zero-order valence-electron chi connectivity index (χ0n) is 17.8. The number of nitrogens with zero attached hydrogens (tertiary/aromatic N) is 2. The van der Waals surface area contributed by atoms with Crippen LogP contribution in [0.4, 0.5) is 4.79 Å². The van der Waals surface area contributed by atoms with Crippen molar-refractivity contribution < 1.29 is 14.3 Å². The molecule has 28 heavy (non-hydrogen) atoms. The van der Waals surface area contributed by atoms with Gasteiger partial charge in [0.15, 0.2) is 0 Å². The molecule has 0 spiro atoms. The summed E-state index contributed by atoms with van der Waals surface area (Å²) in [5.74, 6) is 0.998. The molecule has 0 aliphatic carbocycles. The molecule has 1 heterocycles. The lowest BCUT2D eigenvalue weighted by Gasteiger charge is -2.28. The zero-order valence-corrected chi connectivity index (χ0v) is 18.6.